The summed E-state index contributed by atoms with van der Waals surface area (Å²) in [6.45, 7) is 12.8. The second kappa shape index (κ2) is 6.72. The molecule has 7 unspecified atom stereocenters. The highest BCUT2D eigenvalue weighted by Crippen LogP contribution is 2.64. The molecule has 0 heterocycles. The molecule has 0 amide bonds. The Morgan fingerprint density at radius 2 is 1.74 bits per heavy atom. The lowest BCUT2D eigenvalue weighted by Gasteiger charge is -2.62. The topological polar surface area (TPSA) is 0 Å². The maximum absolute atomic E-state index is 2.71. The first kappa shape index (κ1) is 17.8. The molecule has 0 N–H and O–H groups in total. The van der Waals surface area contributed by atoms with Crippen LogP contribution in [0.3, 0.4) is 0 Å². The van der Waals surface area contributed by atoms with Gasteiger partial charge >= 0.3 is 0 Å². The van der Waals surface area contributed by atoms with Crippen LogP contribution in [0.15, 0.2) is 0 Å². The summed E-state index contributed by atoms with van der Waals surface area (Å²) in [4.78, 5) is 0. The van der Waals surface area contributed by atoms with Crippen molar-refractivity contribution in [1.82, 2.24) is 0 Å². The van der Waals surface area contributed by atoms with Gasteiger partial charge < -0.3 is 0 Å². The largest absolute Gasteiger partial charge is 0.0654 e. The summed E-state index contributed by atoms with van der Waals surface area (Å²) in [5.74, 6) is 5.05. The molecule has 0 bridgehead atoms. The predicted molar refractivity (Wildman–Crippen MR) is 101 cm³/mol. The van der Waals surface area contributed by atoms with E-state index in [9.17, 15) is 0 Å². The second-order valence-electron chi connectivity index (χ2n) is 10.0. The van der Waals surface area contributed by atoms with E-state index in [0.717, 1.165) is 29.6 Å². The molecule has 7 atom stereocenters. The average molecular weight is 319 g/mol. The lowest BCUT2D eigenvalue weighted by atomic mass is 9.43. The van der Waals surface area contributed by atoms with Crippen molar-refractivity contribution in [2.75, 3.05) is 0 Å². The lowest BCUT2D eigenvalue weighted by Crippen LogP contribution is -2.54. The molecular formula is C23H42. The first-order chi connectivity index (χ1) is 11.0. The highest BCUT2D eigenvalue weighted by atomic mass is 14.6. The van der Waals surface area contributed by atoms with Crippen LogP contribution in [0.1, 0.15) is 105 Å². The molecule has 0 aromatic rings. The highest BCUT2D eigenvalue weighted by Gasteiger charge is 2.56. The van der Waals surface area contributed by atoms with Crippen molar-refractivity contribution in [3.05, 3.63) is 0 Å². The van der Waals surface area contributed by atoms with Crippen LogP contribution in [0.4, 0.5) is 0 Å². The fourth-order valence-corrected chi connectivity index (χ4v) is 7.79. The van der Waals surface area contributed by atoms with Gasteiger partial charge in [-0.15, -0.1) is 0 Å². The summed E-state index contributed by atoms with van der Waals surface area (Å²) in [6.07, 6.45) is 16.5. The molecule has 134 valence electrons. The first-order valence-electron chi connectivity index (χ1n) is 11.0. The van der Waals surface area contributed by atoms with Gasteiger partial charge in [0.15, 0.2) is 0 Å². The van der Waals surface area contributed by atoms with E-state index >= 15 is 0 Å². The SMILES string of the molecule is CCCC(C)C1(C)CCC2C(CCC3CCCCC32C)C1CC. The third-order valence-electron chi connectivity index (χ3n) is 9.31. The molecule has 0 aromatic carbocycles. The van der Waals surface area contributed by atoms with E-state index in [1.807, 2.05) is 0 Å². The van der Waals surface area contributed by atoms with E-state index < -0.39 is 0 Å². The van der Waals surface area contributed by atoms with Gasteiger partial charge in [-0.25, -0.2) is 0 Å². The number of rotatable bonds is 4. The van der Waals surface area contributed by atoms with Crippen molar-refractivity contribution in [3.8, 4) is 0 Å². The van der Waals surface area contributed by atoms with Crippen LogP contribution in [0.5, 0.6) is 0 Å². The Hall–Kier alpha value is 0. The summed E-state index contributed by atoms with van der Waals surface area (Å²) in [5, 5.41) is 0. The van der Waals surface area contributed by atoms with Gasteiger partial charge in [-0.05, 0) is 78.9 Å². The van der Waals surface area contributed by atoms with Crippen LogP contribution in [-0.4, -0.2) is 0 Å². The predicted octanol–water partition coefficient (Wildman–Crippen LogP) is 7.47. The Morgan fingerprint density at radius 3 is 2.43 bits per heavy atom. The maximum Gasteiger partial charge on any atom is -0.0266 e. The van der Waals surface area contributed by atoms with Gasteiger partial charge in [0.05, 0.1) is 0 Å². The maximum atomic E-state index is 2.71. The Morgan fingerprint density at radius 1 is 0.957 bits per heavy atom. The molecule has 0 heteroatoms. The Balaban J connectivity index is 1.85. The molecule has 0 aromatic heterocycles. The fourth-order valence-electron chi connectivity index (χ4n) is 7.79. The molecule has 3 rings (SSSR count). The lowest BCUT2D eigenvalue weighted by molar-refractivity contribution is -0.126. The summed E-state index contributed by atoms with van der Waals surface area (Å²) < 4.78 is 0. The number of hydrogen-bond donors (Lipinski definition) is 0. The Kier molecular flexibility index (Phi) is 5.20. The molecule has 23 heavy (non-hydrogen) atoms. The van der Waals surface area contributed by atoms with Crippen LogP contribution >= 0.6 is 0 Å². The molecule has 0 radical (unpaired) electrons. The van der Waals surface area contributed by atoms with Gasteiger partial charge in [-0.3, -0.25) is 0 Å². The van der Waals surface area contributed by atoms with Crippen molar-refractivity contribution >= 4 is 0 Å². The molecule has 0 saturated heterocycles. The molecule has 3 aliphatic carbocycles. The van der Waals surface area contributed by atoms with Crippen LogP contribution in [0.25, 0.3) is 0 Å². The van der Waals surface area contributed by atoms with E-state index in [2.05, 4.69) is 34.6 Å². The van der Waals surface area contributed by atoms with E-state index in [0.29, 0.717) is 10.8 Å². The van der Waals surface area contributed by atoms with Crippen LogP contribution in [-0.2, 0) is 0 Å². The summed E-state index contributed by atoms with van der Waals surface area (Å²) in [7, 11) is 0. The van der Waals surface area contributed by atoms with Crippen molar-refractivity contribution in [1.29, 1.82) is 0 Å². The van der Waals surface area contributed by atoms with E-state index in [4.69, 9.17) is 0 Å². The van der Waals surface area contributed by atoms with Crippen molar-refractivity contribution in [2.45, 2.75) is 105 Å². The van der Waals surface area contributed by atoms with Crippen LogP contribution in [0.2, 0.25) is 0 Å². The Labute approximate surface area is 146 Å². The second-order valence-corrected chi connectivity index (χ2v) is 10.0. The van der Waals surface area contributed by atoms with Gasteiger partial charge in [0.1, 0.15) is 0 Å². The highest BCUT2D eigenvalue weighted by molar-refractivity contribution is 5.05. The zero-order chi connectivity index (χ0) is 16.7. The van der Waals surface area contributed by atoms with E-state index in [1.54, 1.807) is 25.7 Å². The zero-order valence-electron chi connectivity index (χ0n) is 16.7. The van der Waals surface area contributed by atoms with Gasteiger partial charge in [-0.2, -0.15) is 0 Å². The molecular weight excluding hydrogens is 276 g/mol. The Bertz CT molecular complexity index is 399. The third-order valence-corrected chi connectivity index (χ3v) is 9.31. The quantitative estimate of drug-likeness (QED) is 0.504. The van der Waals surface area contributed by atoms with Crippen molar-refractivity contribution in [2.24, 2.45) is 40.4 Å². The molecule has 0 spiro atoms. The van der Waals surface area contributed by atoms with Crippen LogP contribution < -0.4 is 0 Å². The summed E-state index contributed by atoms with van der Waals surface area (Å²) in [5.41, 5.74) is 1.31. The summed E-state index contributed by atoms with van der Waals surface area (Å²) >= 11 is 0. The fraction of sp³-hybridized carbons (Fsp3) is 1.00. The molecule has 0 aliphatic heterocycles. The standard InChI is InChI=1S/C23H42/c1-6-10-17(3)22(4)16-14-21-19(20(22)7-2)13-12-18-11-8-9-15-23(18,21)5/h17-21H,6-16H2,1-5H3. The normalized spacial score (nSPS) is 48.4. The van der Waals surface area contributed by atoms with Crippen LogP contribution in [0, 0.1) is 40.4 Å². The molecule has 3 fully saturated rings. The molecule has 3 aliphatic rings. The molecule has 0 nitrogen and oxygen atoms in total. The van der Waals surface area contributed by atoms with Crippen molar-refractivity contribution in [3.63, 3.8) is 0 Å². The summed E-state index contributed by atoms with van der Waals surface area (Å²) in [6, 6.07) is 0. The van der Waals surface area contributed by atoms with Gasteiger partial charge in [-0.1, -0.05) is 66.7 Å². The van der Waals surface area contributed by atoms with E-state index in [1.165, 1.54) is 44.9 Å². The zero-order valence-corrected chi connectivity index (χ0v) is 16.7. The smallest absolute Gasteiger partial charge is 0.0266 e. The minimum absolute atomic E-state index is 0.615. The third kappa shape index (κ3) is 2.81. The average Bonchev–Trinajstić information content (AvgIpc) is 2.54. The minimum atomic E-state index is 0.615. The minimum Gasteiger partial charge on any atom is -0.0654 e. The van der Waals surface area contributed by atoms with Gasteiger partial charge in [0.2, 0.25) is 0 Å². The monoisotopic (exact) mass is 318 g/mol. The number of fused-ring (bicyclic) bond motifs is 3. The van der Waals surface area contributed by atoms with Crippen molar-refractivity contribution < 1.29 is 0 Å². The first-order valence-corrected chi connectivity index (χ1v) is 11.0. The van der Waals surface area contributed by atoms with E-state index in [-0.39, 0.29) is 0 Å². The number of hydrogen-bond acceptors (Lipinski definition) is 0. The van der Waals surface area contributed by atoms with Gasteiger partial charge in [0.25, 0.3) is 0 Å². The van der Waals surface area contributed by atoms with Gasteiger partial charge in [0, 0.05) is 0 Å². The molecule has 3 saturated carbocycles.